The second-order valence-electron chi connectivity index (χ2n) is 3.77. The molecular weight excluding hydrogens is 206 g/mol. The third kappa shape index (κ3) is 5.07. The minimum atomic E-state index is -0.851. The molecule has 1 amide bonds. The summed E-state index contributed by atoms with van der Waals surface area (Å²) in [4.78, 5) is 21.6. The zero-order valence-electron chi connectivity index (χ0n) is 8.47. The Morgan fingerprint density at radius 1 is 1.43 bits per heavy atom. The molecule has 0 heterocycles. The quantitative estimate of drug-likeness (QED) is 0.524. The predicted molar refractivity (Wildman–Crippen MR) is 54.4 cm³/mol. The van der Waals surface area contributed by atoms with Gasteiger partial charge in [-0.25, -0.2) is 0 Å². The van der Waals surface area contributed by atoms with Crippen LogP contribution in [0.5, 0.6) is 0 Å². The summed E-state index contributed by atoms with van der Waals surface area (Å²) in [5.74, 6) is -0.744. The summed E-state index contributed by atoms with van der Waals surface area (Å²) in [5, 5.41) is 11.0. The highest BCUT2D eigenvalue weighted by Crippen LogP contribution is 2.16. The van der Waals surface area contributed by atoms with Gasteiger partial charge in [0.15, 0.2) is 0 Å². The molecule has 0 rings (SSSR count). The smallest absolute Gasteiger partial charge is 0.303 e. The minimum Gasteiger partial charge on any atom is -0.481 e. The van der Waals surface area contributed by atoms with Crippen LogP contribution in [-0.4, -0.2) is 29.4 Å². The van der Waals surface area contributed by atoms with Crippen LogP contribution in [0, 0.1) is 5.41 Å². The second-order valence-corrected chi connectivity index (χ2v) is 4.04. The standard InChI is InChI=1S/C9H16ClNO3/c1-9(2,6-10)8(14)11-5-3-4-7(12)13/h3-6H2,1-2H3,(H,11,14)(H,12,13). The average molecular weight is 222 g/mol. The molecule has 0 aromatic heterocycles. The molecule has 0 aromatic carbocycles. The second kappa shape index (κ2) is 5.86. The van der Waals surface area contributed by atoms with Crippen LogP contribution in [0.1, 0.15) is 26.7 Å². The van der Waals surface area contributed by atoms with E-state index in [0.29, 0.717) is 13.0 Å². The summed E-state index contributed by atoms with van der Waals surface area (Å²) in [6.45, 7) is 3.87. The van der Waals surface area contributed by atoms with E-state index in [9.17, 15) is 9.59 Å². The molecule has 0 radical (unpaired) electrons. The first-order valence-electron chi connectivity index (χ1n) is 4.46. The topological polar surface area (TPSA) is 66.4 Å². The Morgan fingerprint density at radius 3 is 2.43 bits per heavy atom. The number of carbonyl (C=O) groups is 2. The molecule has 2 N–H and O–H groups in total. The lowest BCUT2D eigenvalue weighted by atomic mass is 9.95. The van der Waals surface area contributed by atoms with Gasteiger partial charge in [-0.3, -0.25) is 9.59 Å². The molecule has 0 atom stereocenters. The van der Waals surface area contributed by atoms with E-state index in [2.05, 4.69) is 5.32 Å². The summed E-state index contributed by atoms with van der Waals surface area (Å²) < 4.78 is 0. The van der Waals surface area contributed by atoms with Gasteiger partial charge in [0.1, 0.15) is 0 Å². The predicted octanol–water partition coefficient (Wildman–Crippen LogP) is 1.23. The van der Waals surface area contributed by atoms with Gasteiger partial charge in [0.2, 0.25) is 5.91 Å². The molecule has 5 heteroatoms. The number of rotatable bonds is 6. The van der Waals surface area contributed by atoms with Crippen molar-refractivity contribution in [3.8, 4) is 0 Å². The molecule has 0 bridgehead atoms. The Bertz CT molecular complexity index is 216. The molecule has 0 fully saturated rings. The summed E-state index contributed by atoms with van der Waals surface area (Å²) in [6, 6.07) is 0. The van der Waals surface area contributed by atoms with E-state index in [1.54, 1.807) is 13.8 Å². The number of carbonyl (C=O) groups excluding carboxylic acids is 1. The molecule has 14 heavy (non-hydrogen) atoms. The highest BCUT2D eigenvalue weighted by Gasteiger charge is 2.25. The van der Waals surface area contributed by atoms with Gasteiger partial charge in [-0.15, -0.1) is 11.6 Å². The van der Waals surface area contributed by atoms with Crippen LogP contribution in [0.3, 0.4) is 0 Å². The molecule has 0 aliphatic heterocycles. The maximum absolute atomic E-state index is 11.4. The Kier molecular flexibility index (Phi) is 5.53. The van der Waals surface area contributed by atoms with Gasteiger partial charge in [0, 0.05) is 18.8 Å². The normalized spacial score (nSPS) is 11.1. The van der Waals surface area contributed by atoms with Crippen LogP contribution < -0.4 is 5.32 Å². The number of aliphatic carboxylic acids is 1. The van der Waals surface area contributed by atoms with Crippen molar-refractivity contribution in [3.05, 3.63) is 0 Å². The highest BCUT2D eigenvalue weighted by molar-refractivity contribution is 6.19. The fourth-order valence-electron chi connectivity index (χ4n) is 0.741. The van der Waals surface area contributed by atoms with Gasteiger partial charge < -0.3 is 10.4 Å². The molecule has 0 saturated heterocycles. The molecule has 0 aliphatic rings. The summed E-state index contributed by atoms with van der Waals surface area (Å²) >= 11 is 5.60. The first-order valence-corrected chi connectivity index (χ1v) is 4.99. The van der Waals surface area contributed by atoms with Crippen LogP contribution in [0.15, 0.2) is 0 Å². The summed E-state index contributed by atoms with van der Waals surface area (Å²) in [7, 11) is 0. The van der Waals surface area contributed by atoms with Crippen molar-refractivity contribution in [2.45, 2.75) is 26.7 Å². The van der Waals surface area contributed by atoms with Crippen LogP contribution in [-0.2, 0) is 9.59 Å². The van der Waals surface area contributed by atoms with Gasteiger partial charge in [-0.1, -0.05) is 0 Å². The fourth-order valence-corrected chi connectivity index (χ4v) is 0.863. The van der Waals surface area contributed by atoms with Crippen molar-refractivity contribution in [2.24, 2.45) is 5.41 Å². The largest absolute Gasteiger partial charge is 0.481 e. The number of hydrogen-bond acceptors (Lipinski definition) is 2. The number of hydrogen-bond donors (Lipinski definition) is 2. The van der Waals surface area contributed by atoms with E-state index in [4.69, 9.17) is 16.7 Å². The third-order valence-electron chi connectivity index (χ3n) is 1.80. The van der Waals surface area contributed by atoms with Crippen molar-refractivity contribution < 1.29 is 14.7 Å². The highest BCUT2D eigenvalue weighted by atomic mass is 35.5. The molecule has 0 aromatic rings. The molecule has 82 valence electrons. The molecular formula is C9H16ClNO3. The van der Waals surface area contributed by atoms with Crippen LogP contribution >= 0.6 is 11.6 Å². The Hall–Kier alpha value is -0.770. The van der Waals surface area contributed by atoms with Crippen molar-refractivity contribution >= 4 is 23.5 Å². The lowest BCUT2D eigenvalue weighted by Crippen LogP contribution is -2.38. The average Bonchev–Trinajstić information content (AvgIpc) is 2.11. The molecule has 0 unspecified atom stereocenters. The number of carboxylic acid groups (broad SMARTS) is 1. The van der Waals surface area contributed by atoms with Gasteiger partial charge in [-0.05, 0) is 20.3 Å². The number of carboxylic acids is 1. The van der Waals surface area contributed by atoms with Crippen molar-refractivity contribution in [1.82, 2.24) is 5.32 Å². The number of amides is 1. The lowest BCUT2D eigenvalue weighted by molar-refractivity contribution is -0.137. The van der Waals surface area contributed by atoms with Gasteiger partial charge >= 0.3 is 5.97 Å². The van der Waals surface area contributed by atoms with E-state index >= 15 is 0 Å². The molecule has 0 spiro atoms. The Balaban J connectivity index is 3.70. The third-order valence-corrected chi connectivity index (χ3v) is 2.47. The van der Waals surface area contributed by atoms with E-state index in [-0.39, 0.29) is 18.2 Å². The van der Waals surface area contributed by atoms with Gasteiger partial charge in [0.05, 0.1) is 5.41 Å². The maximum Gasteiger partial charge on any atom is 0.303 e. The van der Waals surface area contributed by atoms with E-state index in [1.165, 1.54) is 0 Å². The van der Waals surface area contributed by atoms with Gasteiger partial charge in [0.25, 0.3) is 0 Å². The van der Waals surface area contributed by atoms with E-state index in [1.807, 2.05) is 0 Å². The van der Waals surface area contributed by atoms with Crippen LogP contribution in [0.2, 0.25) is 0 Å². The fraction of sp³-hybridized carbons (Fsp3) is 0.778. The zero-order chi connectivity index (χ0) is 11.2. The summed E-state index contributed by atoms with van der Waals surface area (Å²) in [5.41, 5.74) is -0.592. The van der Waals surface area contributed by atoms with Crippen molar-refractivity contribution in [1.29, 1.82) is 0 Å². The number of nitrogens with one attached hydrogen (secondary N) is 1. The first kappa shape index (κ1) is 13.2. The number of halogens is 1. The number of alkyl halides is 1. The van der Waals surface area contributed by atoms with Crippen LogP contribution in [0.4, 0.5) is 0 Å². The monoisotopic (exact) mass is 221 g/mol. The first-order chi connectivity index (χ1) is 6.40. The Labute approximate surface area is 88.6 Å². The van der Waals surface area contributed by atoms with Gasteiger partial charge in [-0.2, -0.15) is 0 Å². The zero-order valence-corrected chi connectivity index (χ0v) is 9.23. The minimum absolute atomic E-state index is 0.0710. The molecule has 0 aliphatic carbocycles. The van der Waals surface area contributed by atoms with Crippen LogP contribution in [0.25, 0.3) is 0 Å². The van der Waals surface area contributed by atoms with Crippen molar-refractivity contribution in [3.63, 3.8) is 0 Å². The maximum atomic E-state index is 11.4. The summed E-state index contributed by atoms with van der Waals surface area (Å²) in [6.07, 6.45) is 0.515. The van der Waals surface area contributed by atoms with E-state index in [0.717, 1.165) is 0 Å². The lowest BCUT2D eigenvalue weighted by Gasteiger charge is -2.20. The molecule has 0 saturated carbocycles. The molecule has 4 nitrogen and oxygen atoms in total. The SMILES string of the molecule is CC(C)(CCl)C(=O)NCCCC(=O)O. The van der Waals surface area contributed by atoms with Crippen molar-refractivity contribution in [2.75, 3.05) is 12.4 Å². The van der Waals surface area contributed by atoms with E-state index < -0.39 is 11.4 Å². The Morgan fingerprint density at radius 2 is 2.00 bits per heavy atom.